The number of para-hydroxylation sites is 1. The lowest BCUT2D eigenvalue weighted by molar-refractivity contribution is 0.627. The first-order valence-corrected chi connectivity index (χ1v) is 6.89. The van der Waals surface area contributed by atoms with Gasteiger partial charge in [-0.2, -0.15) is 5.10 Å². The first-order valence-electron chi connectivity index (χ1n) is 6.89. The molecule has 1 N–H and O–H groups in total. The van der Waals surface area contributed by atoms with Crippen LogP contribution in [0.15, 0.2) is 36.5 Å². The Morgan fingerprint density at radius 2 is 2.00 bits per heavy atom. The van der Waals surface area contributed by atoms with Gasteiger partial charge in [-0.25, -0.2) is 13.9 Å². The van der Waals surface area contributed by atoms with Gasteiger partial charge < -0.3 is 5.32 Å². The van der Waals surface area contributed by atoms with Crippen LogP contribution in [-0.4, -0.2) is 14.6 Å². The lowest BCUT2D eigenvalue weighted by Gasteiger charge is -2.18. The molecular formula is C16H17FN4. The van der Waals surface area contributed by atoms with E-state index in [0.717, 1.165) is 22.6 Å². The van der Waals surface area contributed by atoms with Gasteiger partial charge in [-0.1, -0.05) is 12.1 Å². The molecule has 3 rings (SSSR count). The summed E-state index contributed by atoms with van der Waals surface area (Å²) in [5.74, 6) is -0.258. The SMILES string of the molecule is Cc1cc2ncc(C(C)Nc3ccccc3F)c(C)n2n1. The van der Waals surface area contributed by atoms with E-state index in [9.17, 15) is 4.39 Å². The van der Waals surface area contributed by atoms with Crippen LogP contribution in [0.2, 0.25) is 0 Å². The zero-order valence-electron chi connectivity index (χ0n) is 12.3. The second kappa shape index (κ2) is 5.16. The van der Waals surface area contributed by atoms with Crippen molar-refractivity contribution < 1.29 is 4.39 Å². The van der Waals surface area contributed by atoms with Crippen LogP contribution < -0.4 is 5.32 Å². The summed E-state index contributed by atoms with van der Waals surface area (Å²) < 4.78 is 15.6. The molecule has 0 saturated heterocycles. The predicted octanol–water partition coefficient (Wildman–Crippen LogP) is 3.66. The minimum Gasteiger partial charge on any atom is -0.376 e. The Morgan fingerprint density at radius 3 is 2.76 bits per heavy atom. The fourth-order valence-electron chi connectivity index (χ4n) is 2.49. The molecule has 4 nitrogen and oxygen atoms in total. The Balaban J connectivity index is 1.96. The molecule has 2 heterocycles. The first kappa shape index (κ1) is 13.5. The van der Waals surface area contributed by atoms with E-state index in [0.29, 0.717) is 5.69 Å². The van der Waals surface area contributed by atoms with Crippen molar-refractivity contribution in [3.63, 3.8) is 0 Å². The molecule has 0 saturated carbocycles. The number of aromatic nitrogens is 3. The van der Waals surface area contributed by atoms with Crippen molar-refractivity contribution in [1.29, 1.82) is 0 Å². The summed E-state index contributed by atoms with van der Waals surface area (Å²) in [6.07, 6.45) is 1.82. The van der Waals surface area contributed by atoms with Crippen LogP contribution in [0.25, 0.3) is 5.65 Å². The van der Waals surface area contributed by atoms with Crippen LogP contribution in [0, 0.1) is 19.7 Å². The third kappa shape index (κ3) is 2.46. The zero-order valence-corrected chi connectivity index (χ0v) is 12.3. The molecule has 0 amide bonds. The van der Waals surface area contributed by atoms with E-state index in [4.69, 9.17) is 0 Å². The van der Waals surface area contributed by atoms with Crippen molar-refractivity contribution in [1.82, 2.24) is 14.6 Å². The smallest absolute Gasteiger partial charge is 0.155 e. The van der Waals surface area contributed by atoms with Gasteiger partial charge in [0.2, 0.25) is 0 Å². The average Bonchev–Trinajstić information content (AvgIpc) is 2.83. The second-order valence-corrected chi connectivity index (χ2v) is 5.20. The number of nitrogens with zero attached hydrogens (tertiary/aromatic N) is 3. The van der Waals surface area contributed by atoms with Gasteiger partial charge in [0.05, 0.1) is 17.4 Å². The number of hydrogen-bond donors (Lipinski definition) is 1. The number of hydrogen-bond acceptors (Lipinski definition) is 3. The molecule has 0 radical (unpaired) electrons. The Morgan fingerprint density at radius 1 is 1.24 bits per heavy atom. The number of benzene rings is 1. The molecule has 5 heteroatoms. The highest BCUT2D eigenvalue weighted by atomic mass is 19.1. The molecule has 0 bridgehead atoms. The largest absolute Gasteiger partial charge is 0.376 e. The average molecular weight is 284 g/mol. The molecule has 2 aromatic heterocycles. The topological polar surface area (TPSA) is 42.2 Å². The predicted molar refractivity (Wildman–Crippen MR) is 80.9 cm³/mol. The maximum absolute atomic E-state index is 13.7. The van der Waals surface area contributed by atoms with Crippen LogP contribution in [0.4, 0.5) is 10.1 Å². The number of fused-ring (bicyclic) bond motifs is 1. The molecule has 0 aliphatic rings. The van der Waals surface area contributed by atoms with E-state index in [-0.39, 0.29) is 11.9 Å². The van der Waals surface area contributed by atoms with E-state index >= 15 is 0 Å². The number of rotatable bonds is 3. The van der Waals surface area contributed by atoms with Crippen molar-refractivity contribution in [2.45, 2.75) is 26.8 Å². The fourth-order valence-corrected chi connectivity index (χ4v) is 2.49. The van der Waals surface area contributed by atoms with Gasteiger partial charge in [0.15, 0.2) is 5.65 Å². The minimum atomic E-state index is -0.258. The molecule has 0 aliphatic carbocycles. The van der Waals surface area contributed by atoms with Gasteiger partial charge in [0, 0.05) is 23.5 Å². The Kier molecular flexibility index (Phi) is 3.33. The molecule has 1 aromatic carbocycles. The third-order valence-electron chi connectivity index (χ3n) is 3.60. The Bertz CT molecular complexity index is 794. The van der Waals surface area contributed by atoms with E-state index < -0.39 is 0 Å². The highest BCUT2D eigenvalue weighted by molar-refractivity contribution is 5.48. The molecule has 1 atom stereocenters. The van der Waals surface area contributed by atoms with Crippen LogP contribution in [0.1, 0.15) is 29.9 Å². The summed E-state index contributed by atoms with van der Waals surface area (Å²) in [6.45, 7) is 5.92. The van der Waals surface area contributed by atoms with Crippen molar-refractivity contribution in [3.8, 4) is 0 Å². The molecule has 3 aromatic rings. The van der Waals surface area contributed by atoms with Crippen LogP contribution in [0.3, 0.4) is 0 Å². The number of nitrogens with one attached hydrogen (secondary N) is 1. The summed E-state index contributed by atoms with van der Waals surface area (Å²) in [7, 11) is 0. The standard InChI is InChI=1S/C16H17FN4/c1-10-8-16-18-9-13(12(3)21(16)20-10)11(2)19-15-7-5-4-6-14(15)17/h4-9,11,19H,1-3H3. The Hall–Kier alpha value is -2.43. The Labute approximate surface area is 122 Å². The maximum Gasteiger partial charge on any atom is 0.155 e. The van der Waals surface area contributed by atoms with E-state index in [1.165, 1.54) is 6.07 Å². The summed E-state index contributed by atoms with van der Waals surface area (Å²) >= 11 is 0. The third-order valence-corrected chi connectivity index (χ3v) is 3.60. The number of anilines is 1. The maximum atomic E-state index is 13.7. The minimum absolute atomic E-state index is 0.0664. The lowest BCUT2D eigenvalue weighted by atomic mass is 10.1. The molecule has 0 aliphatic heterocycles. The van der Waals surface area contributed by atoms with Gasteiger partial charge in [-0.05, 0) is 32.9 Å². The van der Waals surface area contributed by atoms with Gasteiger partial charge >= 0.3 is 0 Å². The highest BCUT2D eigenvalue weighted by Crippen LogP contribution is 2.23. The zero-order chi connectivity index (χ0) is 15.0. The van der Waals surface area contributed by atoms with E-state index in [1.54, 1.807) is 12.1 Å². The van der Waals surface area contributed by atoms with Crippen molar-refractivity contribution in [2.24, 2.45) is 0 Å². The molecule has 0 spiro atoms. The molecule has 108 valence electrons. The van der Waals surface area contributed by atoms with Gasteiger partial charge in [0.1, 0.15) is 5.82 Å². The first-order chi connectivity index (χ1) is 10.1. The quantitative estimate of drug-likeness (QED) is 0.798. The summed E-state index contributed by atoms with van der Waals surface area (Å²) in [6, 6.07) is 8.53. The van der Waals surface area contributed by atoms with Gasteiger partial charge in [-0.15, -0.1) is 0 Å². The van der Waals surface area contributed by atoms with Crippen molar-refractivity contribution in [3.05, 3.63) is 59.3 Å². The molecule has 0 fully saturated rings. The molecular weight excluding hydrogens is 267 g/mol. The van der Waals surface area contributed by atoms with Crippen LogP contribution >= 0.6 is 0 Å². The van der Waals surface area contributed by atoms with Crippen molar-refractivity contribution in [2.75, 3.05) is 5.32 Å². The lowest BCUT2D eigenvalue weighted by Crippen LogP contribution is -2.12. The van der Waals surface area contributed by atoms with E-state index in [2.05, 4.69) is 15.4 Å². The number of aryl methyl sites for hydroxylation is 2. The second-order valence-electron chi connectivity index (χ2n) is 5.20. The monoisotopic (exact) mass is 284 g/mol. The fraction of sp³-hybridized carbons (Fsp3) is 0.250. The van der Waals surface area contributed by atoms with Gasteiger partial charge in [0.25, 0.3) is 0 Å². The summed E-state index contributed by atoms with van der Waals surface area (Å²) in [4.78, 5) is 4.41. The molecule has 21 heavy (non-hydrogen) atoms. The van der Waals surface area contributed by atoms with E-state index in [1.807, 2.05) is 43.6 Å². The van der Waals surface area contributed by atoms with Crippen molar-refractivity contribution >= 4 is 11.3 Å². The van der Waals surface area contributed by atoms with Gasteiger partial charge in [-0.3, -0.25) is 0 Å². The molecule has 1 unspecified atom stereocenters. The normalized spacial score (nSPS) is 12.6. The highest BCUT2D eigenvalue weighted by Gasteiger charge is 2.14. The summed E-state index contributed by atoms with van der Waals surface area (Å²) in [5.41, 5.74) is 4.24. The van der Waals surface area contributed by atoms with Crippen LogP contribution in [0.5, 0.6) is 0 Å². The summed E-state index contributed by atoms with van der Waals surface area (Å²) in [5, 5.41) is 7.62. The van der Waals surface area contributed by atoms with Crippen LogP contribution in [-0.2, 0) is 0 Å². The number of halogens is 1.